The second kappa shape index (κ2) is 14.7. The number of nitrogens with zero attached hydrogens (tertiary/aromatic N) is 1. The number of thioether (sulfide) groups is 1. The van der Waals surface area contributed by atoms with Crippen LogP contribution in [0.15, 0.2) is 72.8 Å². The number of nitrogens with one attached hydrogen (secondary N) is 2. The molecule has 0 bridgehead atoms. The first-order chi connectivity index (χ1) is 21.8. The first-order valence-corrected chi connectivity index (χ1v) is 15.5. The number of aliphatic hydroxyl groups is 1. The molecule has 4 atom stereocenters. The number of hydrogen-bond donors (Lipinski definition) is 4. The molecule has 0 saturated carbocycles. The highest BCUT2D eigenvalue weighted by Gasteiger charge is 2.49. The zero-order valence-electron chi connectivity index (χ0n) is 25.4. The molecule has 1 unspecified atom stereocenters. The second-order valence-electron chi connectivity index (χ2n) is 11.3. The van der Waals surface area contributed by atoms with Crippen molar-refractivity contribution in [2.24, 2.45) is 5.92 Å². The monoisotopic (exact) mass is 655 g/mol. The number of ether oxygens (including phenoxy) is 1. The third-order valence-corrected chi connectivity index (χ3v) is 9.20. The number of aliphatic hydroxyl groups excluding tert-OH is 1. The van der Waals surface area contributed by atoms with E-state index in [0.29, 0.717) is 17.0 Å². The molecule has 0 radical (unpaired) electrons. The first kappa shape index (κ1) is 34.4. The molecule has 46 heavy (non-hydrogen) atoms. The molecule has 13 heteroatoms. The summed E-state index contributed by atoms with van der Waals surface area (Å²) in [6.07, 6.45) is -0.927. The van der Waals surface area contributed by atoms with Crippen LogP contribution in [0.1, 0.15) is 44.0 Å². The Kier molecular flexibility index (Phi) is 11.0. The zero-order valence-corrected chi connectivity index (χ0v) is 26.2. The van der Waals surface area contributed by atoms with Crippen LogP contribution in [0.25, 0.3) is 0 Å². The molecular formula is C33H35F2N3O7S. The summed E-state index contributed by atoms with van der Waals surface area (Å²) in [5.41, 5.74) is 0.272. The van der Waals surface area contributed by atoms with Crippen LogP contribution in [0.3, 0.4) is 0 Å². The summed E-state index contributed by atoms with van der Waals surface area (Å²) in [6, 6.07) is 17.3. The fraction of sp³-hybridized carbons (Fsp3) is 0.333. The van der Waals surface area contributed by atoms with Crippen molar-refractivity contribution in [2.45, 2.75) is 43.7 Å². The Morgan fingerprint density at radius 1 is 0.957 bits per heavy atom. The quantitative estimate of drug-likeness (QED) is 0.191. The first-order valence-electron chi connectivity index (χ1n) is 14.5. The molecule has 1 heterocycles. The second-order valence-corrected chi connectivity index (χ2v) is 12.5. The van der Waals surface area contributed by atoms with Crippen molar-refractivity contribution in [3.63, 3.8) is 0 Å². The van der Waals surface area contributed by atoms with Crippen LogP contribution >= 0.6 is 11.8 Å². The number of carboxylic acids is 1. The van der Waals surface area contributed by atoms with Gasteiger partial charge in [-0.1, -0.05) is 38.1 Å². The number of carboxylic acid groups (broad SMARTS) is 1. The van der Waals surface area contributed by atoms with E-state index in [4.69, 9.17) is 4.74 Å². The summed E-state index contributed by atoms with van der Waals surface area (Å²) in [4.78, 5) is 50.9. The molecular weight excluding hydrogens is 620 g/mol. The van der Waals surface area contributed by atoms with Crippen LogP contribution in [-0.2, 0) is 19.2 Å². The number of benzene rings is 3. The maximum Gasteiger partial charge on any atom is 0.329 e. The summed E-state index contributed by atoms with van der Waals surface area (Å²) in [5.74, 6) is -3.39. The average molecular weight is 656 g/mol. The van der Waals surface area contributed by atoms with Crippen LogP contribution in [-0.4, -0.2) is 63.6 Å². The Morgan fingerprint density at radius 2 is 1.54 bits per heavy atom. The van der Waals surface area contributed by atoms with Gasteiger partial charge in [0.05, 0.1) is 18.7 Å². The van der Waals surface area contributed by atoms with Gasteiger partial charge in [0, 0.05) is 11.4 Å². The molecule has 0 aliphatic carbocycles. The van der Waals surface area contributed by atoms with Crippen molar-refractivity contribution in [1.82, 2.24) is 10.6 Å². The highest BCUT2D eigenvalue weighted by Crippen LogP contribution is 2.46. The van der Waals surface area contributed by atoms with E-state index in [1.165, 1.54) is 67.2 Å². The van der Waals surface area contributed by atoms with Gasteiger partial charge < -0.3 is 30.5 Å². The predicted octanol–water partition coefficient (Wildman–Crippen LogP) is 4.00. The van der Waals surface area contributed by atoms with Crippen molar-refractivity contribution >= 4 is 41.1 Å². The molecule has 3 aromatic carbocycles. The van der Waals surface area contributed by atoms with Crippen LogP contribution in [0.5, 0.6) is 5.75 Å². The van der Waals surface area contributed by atoms with Gasteiger partial charge in [-0.15, -0.1) is 11.8 Å². The molecule has 10 nitrogen and oxygen atoms in total. The summed E-state index contributed by atoms with van der Waals surface area (Å²) >= 11 is 1.26. The molecule has 3 aromatic rings. The Morgan fingerprint density at radius 3 is 2.11 bits per heavy atom. The van der Waals surface area contributed by atoms with Crippen molar-refractivity contribution < 1.29 is 42.9 Å². The van der Waals surface area contributed by atoms with Crippen molar-refractivity contribution in [3.05, 3.63) is 95.6 Å². The standard InChI is InChI=1S/C33H35F2N3O7S/c1-19(2)33(3,32(43)44)37-27(40)16-36-28(41)17-45-25-14-6-21(7-15-25)29-30(31(42)38(29)24-12-10-23(35)11-13-24)46-18-26(39)20-4-8-22(34)9-5-20/h4-15,19,26,29-30,39H,16-18H2,1-3H3,(H,36,41)(H,37,40)(H,43,44)/t26?,29-,30-,33-/m1/s1. The Labute approximate surface area is 269 Å². The SMILES string of the molecule is CC(C)[C@@](C)(NC(=O)CNC(=O)COc1ccc([C@@H]2[C@@H](SCC(O)c3ccc(F)cc3)C(=O)N2c2ccc(F)cc2)cc1)C(=O)O. The third-order valence-electron chi connectivity index (χ3n) is 7.87. The molecule has 1 saturated heterocycles. The topological polar surface area (TPSA) is 145 Å². The fourth-order valence-electron chi connectivity index (χ4n) is 4.73. The molecule has 0 aromatic heterocycles. The van der Waals surface area contributed by atoms with Gasteiger partial charge >= 0.3 is 5.97 Å². The predicted molar refractivity (Wildman–Crippen MR) is 168 cm³/mol. The molecule has 0 spiro atoms. The Hall–Kier alpha value is -4.49. The minimum Gasteiger partial charge on any atom is -0.484 e. The number of aliphatic carboxylic acids is 1. The maximum atomic E-state index is 13.6. The molecule has 1 aliphatic heterocycles. The van der Waals surface area contributed by atoms with Gasteiger partial charge in [-0.2, -0.15) is 0 Å². The van der Waals surface area contributed by atoms with Gasteiger partial charge in [0.1, 0.15) is 28.2 Å². The lowest BCUT2D eigenvalue weighted by Gasteiger charge is -2.47. The van der Waals surface area contributed by atoms with Crippen LogP contribution in [0.4, 0.5) is 14.5 Å². The molecule has 4 rings (SSSR count). The zero-order chi connectivity index (χ0) is 33.6. The number of hydrogen-bond acceptors (Lipinski definition) is 7. The van der Waals surface area contributed by atoms with E-state index in [1.807, 2.05) is 0 Å². The van der Waals surface area contributed by atoms with Crippen LogP contribution in [0, 0.1) is 17.6 Å². The Bertz CT molecular complexity index is 1550. The number of rotatable bonds is 14. The van der Waals surface area contributed by atoms with Crippen molar-refractivity contribution in [3.8, 4) is 5.75 Å². The van der Waals surface area contributed by atoms with Crippen molar-refractivity contribution in [2.75, 3.05) is 23.8 Å². The van der Waals surface area contributed by atoms with E-state index in [2.05, 4.69) is 10.6 Å². The van der Waals surface area contributed by atoms with Gasteiger partial charge in [-0.25, -0.2) is 13.6 Å². The largest absolute Gasteiger partial charge is 0.484 e. The lowest BCUT2D eigenvalue weighted by molar-refractivity contribution is -0.148. The molecule has 1 fully saturated rings. The highest BCUT2D eigenvalue weighted by molar-refractivity contribution is 8.00. The number of anilines is 1. The molecule has 3 amide bonds. The number of carbonyl (C=O) groups is 4. The van der Waals surface area contributed by atoms with E-state index in [1.54, 1.807) is 43.0 Å². The maximum absolute atomic E-state index is 13.6. The van der Waals surface area contributed by atoms with E-state index in [-0.39, 0.29) is 11.7 Å². The summed E-state index contributed by atoms with van der Waals surface area (Å²) in [7, 11) is 0. The summed E-state index contributed by atoms with van der Waals surface area (Å²) in [5, 5.41) is 24.3. The van der Waals surface area contributed by atoms with Crippen LogP contribution in [0.2, 0.25) is 0 Å². The van der Waals surface area contributed by atoms with E-state index >= 15 is 0 Å². The average Bonchev–Trinajstić information content (AvgIpc) is 3.02. The highest BCUT2D eigenvalue weighted by atomic mass is 32.2. The van der Waals surface area contributed by atoms with Crippen molar-refractivity contribution in [1.29, 1.82) is 0 Å². The smallest absolute Gasteiger partial charge is 0.329 e. The van der Waals surface area contributed by atoms with Gasteiger partial charge in [0.15, 0.2) is 6.61 Å². The normalized spacial score (nSPS) is 17.9. The van der Waals surface area contributed by atoms with Crippen LogP contribution < -0.4 is 20.3 Å². The van der Waals surface area contributed by atoms with Gasteiger partial charge in [-0.05, 0) is 72.5 Å². The third kappa shape index (κ3) is 8.01. The lowest BCUT2D eigenvalue weighted by Crippen LogP contribution is -2.57. The Balaban J connectivity index is 1.38. The summed E-state index contributed by atoms with van der Waals surface area (Å²) in [6.45, 7) is 3.88. The number of halogens is 2. The minimum atomic E-state index is -1.49. The molecule has 1 aliphatic rings. The number of carbonyl (C=O) groups excluding carboxylic acids is 3. The molecule has 4 N–H and O–H groups in total. The van der Waals surface area contributed by atoms with E-state index < -0.39 is 71.4 Å². The van der Waals surface area contributed by atoms with E-state index in [9.17, 15) is 38.2 Å². The minimum absolute atomic E-state index is 0.178. The fourth-order valence-corrected chi connectivity index (χ4v) is 6.03. The summed E-state index contributed by atoms with van der Waals surface area (Å²) < 4.78 is 32.5. The number of β-lactam (4-membered cyclic amide) rings is 1. The lowest BCUT2D eigenvalue weighted by atomic mass is 9.88. The molecule has 244 valence electrons. The van der Waals surface area contributed by atoms with Gasteiger partial charge in [-0.3, -0.25) is 14.4 Å². The number of amides is 3. The van der Waals surface area contributed by atoms with Gasteiger partial charge in [0.2, 0.25) is 11.8 Å². The van der Waals surface area contributed by atoms with Gasteiger partial charge in [0.25, 0.3) is 5.91 Å². The van der Waals surface area contributed by atoms with E-state index in [0.717, 1.165) is 5.56 Å².